The van der Waals surface area contributed by atoms with Gasteiger partial charge in [-0.3, -0.25) is 4.79 Å². The minimum Gasteiger partial charge on any atom is -0.481 e. The third-order valence-electron chi connectivity index (χ3n) is 3.44. The van der Waals surface area contributed by atoms with Crippen molar-refractivity contribution in [1.29, 1.82) is 0 Å². The maximum atomic E-state index is 10.3. The number of unbranched alkanes of at least 4 members (excludes halogenated alkanes) is 6. The van der Waals surface area contributed by atoms with Crippen molar-refractivity contribution in [3.63, 3.8) is 0 Å². The number of aliphatic hydroxyl groups is 1. The zero-order chi connectivity index (χ0) is 15.8. The molecule has 0 spiro atoms. The maximum Gasteiger partial charge on any atom is 0.303 e. The molecule has 21 heavy (non-hydrogen) atoms. The summed E-state index contributed by atoms with van der Waals surface area (Å²) in [5.41, 5.74) is 0. The first-order valence-corrected chi connectivity index (χ1v) is 8.38. The van der Waals surface area contributed by atoms with Gasteiger partial charge in [0.2, 0.25) is 0 Å². The molecule has 0 bridgehead atoms. The van der Waals surface area contributed by atoms with Crippen molar-refractivity contribution in [3.05, 3.63) is 24.3 Å². The zero-order valence-electron chi connectivity index (χ0n) is 13.5. The van der Waals surface area contributed by atoms with Gasteiger partial charge < -0.3 is 10.2 Å². The lowest BCUT2D eigenvalue weighted by molar-refractivity contribution is -0.137. The average molecular weight is 296 g/mol. The third kappa shape index (κ3) is 16.9. The van der Waals surface area contributed by atoms with Gasteiger partial charge in [-0.1, -0.05) is 69.8 Å². The third-order valence-corrected chi connectivity index (χ3v) is 3.44. The minimum absolute atomic E-state index is 0.246. The molecule has 0 aromatic rings. The molecule has 0 aromatic heterocycles. The van der Waals surface area contributed by atoms with E-state index in [1.807, 2.05) is 12.2 Å². The number of carboxylic acid groups (broad SMARTS) is 1. The van der Waals surface area contributed by atoms with Crippen molar-refractivity contribution in [1.82, 2.24) is 0 Å². The molecule has 0 fully saturated rings. The summed E-state index contributed by atoms with van der Waals surface area (Å²) in [6.45, 7) is 2.19. The van der Waals surface area contributed by atoms with Gasteiger partial charge in [-0.2, -0.15) is 0 Å². The van der Waals surface area contributed by atoms with Gasteiger partial charge >= 0.3 is 5.97 Å². The quantitative estimate of drug-likeness (QED) is 0.355. The van der Waals surface area contributed by atoms with Crippen molar-refractivity contribution in [2.45, 2.75) is 83.7 Å². The van der Waals surface area contributed by atoms with Crippen molar-refractivity contribution < 1.29 is 15.0 Å². The van der Waals surface area contributed by atoms with Crippen LogP contribution >= 0.6 is 0 Å². The molecule has 122 valence electrons. The monoisotopic (exact) mass is 296 g/mol. The van der Waals surface area contributed by atoms with Gasteiger partial charge in [-0.15, -0.1) is 0 Å². The Morgan fingerprint density at radius 2 is 1.67 bits per heavy atom. The lowest BCUT2D eigenvalue weighted by Gasteiger charge is -2.07. The van der Waals surface area contributed by atoms with E-state index in [-0.39, 0.29) is 12.5 Å². The fourth-order valence-corrected chi connectivity index (χ4v) is 2.12. The molecule has 0 amide bonds. The van der Waals surface area contributed by atoms with Crippen molar-refractivity contribution in [3.8, 4) is 0 Å². The summed E-state index contributed by atoms with van der Waals surface area (Å²) in [7, 11) is 0. The molecule has 3 nitrogen and oxygen atoms in total. The van der Waals surface area contributed by atoms with Crippen LogP contribution in [0.25, 0.3) is 0 Å². The predicted octanol–water partition coefficient (Wildman–Crippen LogP) is 4.86. The molecule has 0 heterocycles. The second-order valence-electron chi connectivity index (χ2n) is 5.59. The Morgan fingerprint density at radius 1 is 1.00 bits per heavy atom. The molecule has 0 aliphatic carbocycles. The first-order chi connectivity index (χ1) is 10.2. The highest BCUT2D eigenvalue weighted by molar-refractivity contribution is 5.66. The van der Waals surface area contributed by atoms with Crippen LogP contribution in [-0.2, 0) is 4.79 Å². The van der Waals surface area contributed by atoms with Crippen LogP contribution in [0.4, 0.5) is 0 Å². The molecule has 0 aromatic carbocycles. The van der Waals surface area contributed by atoms with Gasteiger partial charge in [-0.25, -0.2) is 0 Å². The predicted molar refractivity (Wildman–Crippen MR) is 88.4 cm³/mol. The number of allylic oxidation sites excluding steroid dienone is 3. The molecule has 0 radical (unpaired) electrons. The van der Waals surface area contributed by atoms with Crippen LogP contribution < -0.4 is 0 Å². The number of hydrogen-bond acceptors (Lipinski definition) is 2. The number of rotatable bonds is 14. The lowest BCUT2D eigenvalue weighted by atomic mass is 10.1. The van der Waals surface area contributed by atoms with Crippen LogP contribution in [0, 0.1) is 0 Å². The van der Waals surface area contributed by atoms with E-state index >= 15 is 0 Å². The highest BCUT2D eigenvalue weighted by Crippen LogP contribution is 2.10. The first kappa shape index (κ1) is 19.9. The van der Waals surface area contributed by atoms with Crippen LogP contribution in [0.2, 0.25) is 0 Å². The number of aliphatic carboxylic acids is 1. The van der Waals surface area contributed by atoms with Crippen LogP contribution in [0.5, 0.6) is 0 Å². The highest BCUT2D eigenvalue weighted by Gasteiger charge is 2.01. The Kier molecular flexibility index (Phi) is 14.5. The van der Waals surface area contributed by atoms with Gasteiger partial charge in [0.05, 0.1) is 6.10 Å². The summed E-state index contributed by atoms with van der Waals surface area (Å²) in [5.74, 6) is -0.707. The zero-order valence-corrected chi connectivity index (χ0v) is 13.5. The lowest BCUT2D eigenvalue weighted by Crippen LogP contribution is -2.04. The van der Waals surface area contributed by atoms with E-state index in [0.29, 0.717) is 0 Å². The largest absolute Gasteiger partial charge is 0.481 e. The Bertz CT molecular complexity index is 295. The molecule has 3 heteroatoms. The molecule has 0 aliphatic rings. The van der Waals surface area contributed by atoms with Crippen molar-refractivity contribution in [2.75, 3.05) is 0 Å². The summed E-state index contributed by atoms with van der Waals surface area (Å²) in [6.07, 6.45) is 18.4. The van der Waals surface area contributed by atoms with Gasteiger partial charge in [0.15, 0.2) is 0 Å². The molecule has 0 saturated carbocycles. The van der Waals surface area contributed by atoms with Gasteiger partial charge in [0, 0.05) is 6.42 Å². The topological polar surface area (TPSA) is 57.5 Å². The molecular formula is C18H32O3. The normalized spacial score (nSPS) is 13.2. The van der Waals surface area contributed by atoms with Gasteiger partial charge in [0.25, 0.3) is 0 Å². The van der Waals surface area contributed by atoms with Crippen molar-refractivity contribution >= 4 is 5.97 Å². The number of carboxylic acids is 1. The average Bonchev–Trinajstić information content (AvgIpc) is 2.45. The molecule has 0 aliphatic heterocycles. The van der Waals surface area contributed by atoms with Crippen LogP contribution in [0.3, 0.4) is 0 Å². The standard InChI is InChI=1S/C18H32O3/c1-2-3-4-5-6-8-11-14-17(19)15-12-9-7-10-13-16-18(20)21/h5-6,8,11,17,19H,2-4,7,9-10,12-16H2,1H3,(H,20,21)/b6-5+,11-8+. The Hall–Kier alpha value is -1.09. The summed E-state index contributed by atoms with van der Waals surface area (Å²) in [5, 5.41) is 18.3. The summed E-state index contributed by atoms with van der Waals surface area (Å²) in [4.78, 5) is 10.3. The maximum absolute atomic E-state index is 10.3. The van der Waals surface area contributed by atoms with E-state index in [9.17, 15) is 9.90 Å². The summed E-state index contributed by atoms with van der Waals surface area (Å²) in [6, 6.07) is 0. The SMILES string of the molecule is CCCC/C=C/C=C/CC(O)CCCCCCCC(=O)O. The second kappa shape index (κ2) is 15.3. The fourth-order valence-electron chi connectivity index (χ4n) is 2.12. The van der Waals surface area contributed by atoms with Crippen LogP contribution in [-0.4, -0.2) is 22.3 Å². The Labute approximate surface area is 129 Å². The van der Waals surface area contributed by atoms with Crippen LogP contribution in [0.1, 0.15) is 77.6 Å². The Morgan fingerprint density at radius 3 is 2.38 bits per heavy atom. The molecule has 2 N–H and O–H groups in total. The first-order valence-electron chi connectivity index (χ1n) is 8.38. The van der Waals surface area contributed by atoms with Gasteiger partial charge in [-0.05, 0) is 25.7 Å². The van der Waals surface area contributed by atoms with Crippen molar-refractivity contribution in [2.24, 2.45) is 0 Å². The van der Waals surface area contributed by atoms with Gasteiger partial charge in [0.1, 0.15) is 0 Å². The second-order valence-corrected chi connectivity index (χ2v) is 5.59. The smallest absolute Gasteiger partial charge is 0.303 e. The molecule has 0 rings (SSSR count). The van der Waals surface area contributed by atoms with E-state index in [1.54, 1.807) is 0 Å². The number of hydrogen-bond donors (Lipinski definition) is 2. The minimum atomic E-state index is -0.707. The summed E-state index contributed by atoms with van der Waals surface area (Å²) < 4.78 is 0. The Balaban J connectivity index is 3.37. The van der Waals surface area contributed by atoms with E-state index in [2.05, 4.69) is 19.1 Å². The van der Waals surface area contributed by atoms with E-state index in [1.165, 1.54) is 12.8 Å². The molecule has 1 unspecified atom stereocenters. The highest BCUT2D eigenvalue weighted by atomic mass is 16.4. The van der Waals surface area contributed by atoms with E-state index in [0.717, 1.165) is 51.4 Å². The van der Waals surface area contributed by atoms with E-state index < -0.39 is 5.97 Å². The number of aliphatic hydroxyl groups excluding tert-OH is 1. The molecule has 1 atom stereocenters. The molecular weight excluding hydrogens is 264 g/mol. The molecule has 0 saturated heterocycles. The summed E-state index contributed by atoms with van der Waals surface area (Å²) >= 11 is 0. The van der Waals surface area contributed by atoms with E-state index in [4.69, 9.17) is 5.11 Å². The van der Waals surface area contributed by atoms with Crippen LogP contribution in [0.15, 0.2) is 24.3 Å². The number of carbonyl (C=O) groups is 1. The fraction of sp³-hybridized carbons (Fsp3) is 0.722.